The second-order valence-corrected chi connectivity index (χ2v) is 5.88. The van der Waals surface area contributed by atoms with Crippen LogP contribution in [0.4, 0.5) is 5.69 Å². The van der Waals surface area contributed by atoms with Gasteiger partial charge in [-0.15, -0.1) is 0 Å². The number of carbonyl (C=O) groups is 1. The molecule has 0 aromatic heterocycles. The van der Waals surface area contributed by atoms with E-state index in [0.717, 1.165) is 27.0 Å². The van der Waals surface area contributed by atoms with Gasteiger partial charge in [0.05, 0.1) is 3.57 Å². The predicted molar refractivity (Wildman–Crippen MR) is 87.0 cm³/mol. The number of carbonyl (C=O) groups excluding carboxylic acids is 1. The lowest BCUT2D eigenvalue weighted by Crippen LogP contribution is -2.32. The van der Waals surface area contributed by atoms with E-state index in [0.29, 0.717) is 6.42 Å². The standard InChI is InChI=1S/C16H14INO2/c17-12-6-2-4-8-14(12)20-15-10-9-11-5-1-3-7-13(11)18-16(15)19/h1-8,15H,9-10H2,(H,18,19). The molecule has 0 saturated heterocycles. The van der Waals surface area contributed by atoms with Crippen LogP contribution in [-0.4, -0.2) is 12.0 Å². The molecule has 3 rings (SSSR count). The molecule has 2 aromatic carbocycles. The number of para-hydroxylation sites is 2. The fourth-order valence-electron chi connectivity index (χ4n) is 2.30. The second-order valence-electron chi connectivity index (χ2n) is 4.72. The molecule has 0 saturated carbocycles. The van der Waals surface area contributed by atoms with Crippen LogP contribution >= 0.6 is 22.6 Å². The van der Waals surface area contributed by atoms with Gasteiger partial charge in [-0.2, -0.15) is 0 Å². The van der Waals surface area contributed by atoms with Gasteiger partial charge in [0.2, 0.25) is 0 Å². The van der Waals surface area contributed by atoms with Crippen molar-refractivity contribution in [1.29, 1.82) is 0 Å². The zero-order valence-electron chi connectivity index (χ0n) is 10.8. The molecular weight excluding hydrogens is 365 g/mol. The van der Waals surface area contributed by atoms with Gasteiger partial charge in [-0.05, 0) is 59.2 Å². The maximum atomic E-state index is 12.3. The van der Waals surface area contributed by atoms with Gasteiger partial charge in [0, 0.05) is 5.69 Å². The number of rotatable bonds is 2. The fraction of sp³-hybridized carbons (Fsp3) is 0.188. The summed E-state index contributed by atoms with van der Waals surface area (Å²) >= 11 is 2.22. The molecule has 4 heteroatoms. The molecule has 2 aromatic rings. The Balaban J connectivity index is 1.80. The Morgan fingerprint density at radius 2 is 1.85 bits per heavy atom. The van der Waals surface area contributed by atoms with Crippen molar-refractivity contribution in [3.8, 4) is 5.75 Å². The number of benzene rings is 2. The molecule has 0 aliphatic carbocycles. The molecule has 0 radical (unpaired) electrons. The largest absolute Gasteiger partial charge is 0.479 e. The van der Waals surface area contributed by atoms with Crippen molar-refractivity contribution >= 4 is 34.2 Å². The Hall–Kier alpha value is -1.56. The first-order valence-corrected chi connectivity index (χ1v) is 7.62. The molecule has 20 heavy (non-hydrogen) atoms. The van der Waals surface area contributed by atoms with Crippen molar-refractivity contribution in [3.63, 3.8) is 0 Å². The summed E-state index contributed by atoms with van der Waals surface area (Å²) < 4.78 is 6.90. The Morgan fingerprint density at radius 3 is 2.70 bits per heavy atom. The first-order valence-electron chi connectivity index (χ1n) is 6.54. The maximum Gasteiger partial charge on any atom is 0.265 e. The van der Waals surface area contributed by atoms with Crippen LogP contribution in [0.2, 0.25) is 0 Å². The minimum Gasteiger partial charge on any atom is -0.479 e. The molecule has 1 heterocycles. The summed E-state index contributed by atoms with van der Waals surface area (Å²) in [5, 5.41) is 2.95. The Bertz CT molecular complexity index is 642. The smallest absolute Gasteiger partial charge is 0.265 e. The third-order valence-electron chi connectivity index (χ3n) is 3.35. The molecule has 1 aliphatic heterocycles. The molecule has 3 nitrogen and oxygen atoms in total. The highest BCUT2D eigenvalue weighted by Crippen LogP contribution is 2.26. The number of hydrogen-bond donors (Lipinski definition) is 1. The van der Waals surface area contributed by atoms with Gasteiger partial charge >= 0.3 is 0 Å². The van der Waals surface area contributed by atoms with Gasteiger partial charge < -0.3 is 10.1 Å². The van der Waals surface area contributed by atoms with Crippen LogP contribution in [0, 0.1) is 3.57 Å². The lowest BCUT2D eigenvalue weighted by Gasteiger charge is -2.16. The highest BCUT2D eigenvalue weighted by atomic mass is 127. The predicted octanol–water partition coefficient (Wildman–Crippen LogP) is 3.62. The van der Waals surface area contributed by atoms with E-state index < -0.39 is 6.10 Å². The highest BCUT2D eigenvalue weighted by Gasteiger charge is 2.25. The normalized spacial score (nSPS) is 17.9. The van der Waals surface area contributed by atoms with Crippen molar-refractivity contribution in [2.45, 2.75) is 18.9 Å². The molecule has 1 aliphatic rings. The molecule has 0 bridgehead atoms. The van der Waals surface area contributed by atoms with Gasteiger partial charge in [0.25, 0.3) is 5.91 Å². The lowest BCUT2D eigenvalue weighted by atomic mass is 10.1. The van der Waals surface area contributed by atoms with Gasteiger partial charge in [-0.3, -0.25) is 4.79 Å². The van der Waals surface area contributed by atoms with E-state index in [9.17, 15) is 4.79 Å². The van der Waals surface area contributed by atoms with Crippen LogP contribution in [0.25, 0.3) is 0 Å². The highest BCUT2D eigenvalue weighted by molar-refractivity contribution is 14.1. The first kappa shape index (κ1) is 13.4. The quantitative estimate of drug-likeness (QED) is 0.810. The number of hydrogen-bond acceptors (Lipinski definition) is 2. The maximum absolute atomic E-state index is 12.3. The minimum absolute atomic E-state index is 0.0744. The molecule has 1 unspecified atom stereocenters. The van der Waals surface area contributed by atoms with E-state index in [1.807, 2.05) is 48.5 Å². The topological polar surface area (TPSA) is 38.3 Å². The van der Waals surface area contributed by atoms with Crippen molar-refractivity contribution < 1.29 is 9.53 Å². The Morgan fingerprint density at radius 1 is 1.10 bits per heavy atom. The van der Waals surface area contributed by atoms with Gasteiger partial charge in [-0.25, -0.2) is 0 Å². The number of fused-ring (bicyclic) bond motifs is 1. The van der Waals surface area contributed by atoms with Gasteiger partial charge in [-0.1, -0.05) is 30.3 Å². The van der Waals surface area contributed by atoms with Crippen molar-refractivity contribution in [3.05, 3.63) is 57.7 Å². The summed E-state index contributed by atoms with van der Waals surface area (Å²) in [6.45, 7) is 0. The average molecular weight is 379 g/mol. The van der Waals surface area contributed by atoms with Crippen LogP contribution in [0.1, 0.15) is 12.0 Å². The van der Waals surface area contributed by atoms with E-state index in [-0.39, 0.29) is 5.91 Å². The van der Waals surface area contributed by atoms with E-state index >= 15 is 0 Å². The van der Waals surface area contributed by atoms with E-state index in [1.54, 1.807) is 0 Å². The zero-order valence-corrected chi connectivity index (χ0v) is 13.0. The summed E-state index contributed by atoms with van der Waals surface area (Å²) in [5.74, 6) is 0.689. The van der Waals surface area contributed by atoms with Crippen molar-refractivity contribution in [2.75, 3.05) is 5.32 Å². The number of halogens is 1. The Labute approximate surface area is 131 Å². The first-order chi connectivity index (χ1) is 9.74. The molecule has 1 amide bonds. The van der Waals surface area contributed by atoms with Crippen LogP contribution < -0.4 is 10.1 Å². The van der Waals surface area contributed by atoms with Crippen LogP contribution in [-0.2, 0) is 11.2 Å². The van der Waals surface area contributed by atoms with Gasteiger partial charge in [0.15, 0.2) is 6.10 Å². The molecule has 1 atom stereocenters. The number of anilines is 1. The summed E-state index contributed by atoms with van der Waals surface area (Å²) in [5.41, 5.74) is 2.06. The summed E-state index contributed by atoms with van der Waals surface area (Å²) in [4.78, 5) is 12.3. The van der Waals surface area contributed by atoms with Crippen molar-refractivity contribution in [1.82, 2.24) is 0 Å². The zero-order chi connectivity index (χ0) is 13.9. The Kier molecular flexibility index (Phi) is 3.91. The molecular formula is C16H14INO2. The van der Waals surface area contributed by atoms with Crippen LogP contribution in [0.5, 0.6) is 5.75 Å². The molecule has 1 N–H and O–H groups in total. The van der Waals surface area contributed by atoms with Crippen LogP contribution in [0.15, 0.2) is 48.5 Å². The summed E-state index contributed by atoms with van der Waals surface area (Å²) in [6.07, 6.45) is 1.08. The second kappa shape index (κ2) is 5.83. The average Bonchev–Trinajstić information content (AvgIpc) is 2.61. The lowest BCUT2D eigenvalue weighted by molar-refractivity contribution is -0.122. The number of aryl methyl sites for hydroxylation is 1. The molecule has 102 valence electrons. The third-order valence-corrected chi connectivity index (χ3v) is 4.24. The molecule has 0 spiro atoms. The number of nitrogens with one attached hydrogen (secondary N) is 1. The monoisotopic (exact) mass is 379 g/mol. The number of ether oxygens (including phenoxy) is 1. The SMILES string of the molecule is O=C1Nc2ccccc2CCC1Oc1ccccc1I. The van der Waals surface area contributed by atoms with E-state index in [1.165, 1.54) is 0 Å². The molecule has 0 fully saturated rings. The van der Waals surface area contributed by atoms with Crippen LogP contribution in [0.3, 0.4) is 0 Å². The fourth-order valence-corrected chi connectivity index (χ4v) is 2.81. The number of amides is 1. The van der Waals surface area contributed by atoms with Gasteiger partial charge in [0.1, 0.15) is 5.75 Å². The third kappa shape index (κ3) is 2.80. The summed E-state index contributed by atoms with van der Waals surface area (Å²) in [7, 11) is 0. The van der Waals surface area contributed by atoms with Crippen molar-refractivity contribution in [2.24, 2.45) is 0 Å². The minimum atomic E-state index is -0.446. The summed E-state index contributed by atoms with van der Waals surface area (Å²) in [6, 6.07) is 15.6. The van der Waals surface area contributed by atoms with E-state index in [2.05, 4.69) is 27.9 Å². The van der Waals surface area contributed by atoms with E-state index in [4.69, 9.17) is 4.74 Å².